The van der Waals surface area contributed by atoms with Crippen LogP contribution in [0.5, 0.6) is 11.6 Å². The summed E-state index contributed by atoms with van der Waals surface area (Å²) in [4.78, 5) is 27.3. The van der Waals surface area contributed by atoms with Gasteiger partial charge in [-0.3, -0.25) is 9.59 Å². The number of carbonyl (C=O) groups excluding carboxylic acids is 2. The van der Waals surface area contributed by atoms with E-state index in [1.807, 2.05) is 99.6 Å². The molecule has 1 amide bonds. The second-order valence-electron chi connectivity index (χ2n) is 10.5. The Balaban J connectivity index is 1.61. The molecule has 5 rings (SSSR count). The van der Waals surface area contributed by atoms with Gasteiger partial charge in [0.15, 0.2) is 0 Å². The second kappa shape index (κ2) is 12.2. The summed E-state index contributed by atoms with van der Waals surface area (Å²) < 4.78 is 12.8. The van der Waals surface area contributed by atoms with E-state index in [0.29, 0.717) is 34.1 Å². The number of nitrogens with zero attached hydrogens (tertiary/aromatic N) is 3. The zero-order chi connectivity index (χ0) is 30.7. The van der Waals surface area contributed by atoms with Crippen molar-refractivity contribution in [2.24, 2.45) is 0 Å². The van der Waals surface area contributed by atoms with Gasteiger partial charge in [-0.05, 0) is 85.1 Å². The first-order valence-corrected chi connectivity index (χ1v) is 13.9. The number of aromatic nitrogens is 2. The molecule has 0 spiro atoms. The predicted octanol–water partition coefficient (Wildman–Crippen LogP) is 7.08. The summed E-state index contributed by atoms with van der Waals surface area (Å²) in [5.74, 6) is 0.312. The normalized spacial score (nSPS) is 10.7. The number of hydrogen-bond donors (Lipinski definition) is 1. The van der Waals surface area contributed by atoms with E-state index in [0.717, 1.165) is 33.6 Å². The fourth-order valence-electron chi connectivity index (χ4n) is 4.81. The molecule has 4 aromatic carbocycles. The van der Waals surface area contributed by atoms with Crippen molar-refractivity contribution in [1.82, 2.24) is 9.78 Å². The number of aryl methyl sites for hydroxylation is 1. The van der Waals surface area contributed by atoms with Gasteiger partial charge in [0.05, 0.1) is 18.4 Å². The van der Waals surface area contributed by atoms with Crippen LogP contribution in [0.4, 0.5) is 11.4 Å². The third kappa shape index (κ3) is 6.13. The molecule has 8 nitrogen and oxygen atoms in total. The van der Waals surface area contributed by atoms with Gasteiger partial charge < -0.3 is 19.7 Å². The van der Waals surface area contributed by atoms with E-state index < -0.39 is 5.97 Å². The van der Waals surface area contributed by atoms with Crippen molar-refractivity contribution in [3.63, 3.8) is 0 Å². The van der Waals surface area contributed by atoms with Gasteiger partial charge in [-0.2, -0.15) is 9.78 Å². The smallest absolute Gasteiger partial charge is 0.309 e. The molecular formula is C35H34N4O4. The molecule has 43 heavy (non-hydrogen) atoms. The molecule has 0 unspecified atom stereocenters. The fraction of sp³-hybridized carbons (Fsp3) is 0.171. The minimum atomic E-state index is -0.453. The Morgan fingerprint density at radius 1 is 0.837 bits per heavy atom. The van der Waals surface area contributed by atoms with E-state index in [1.54, 1.807) is 36.1 Å². The summed E-state index contributed by atoms with van der Waals surface area (Å²) in [5.41, 5.74) is 8.11. The Labute approximate surface area is 251 Å². The molecule has 1 N–H and O–H groups in total. The third-order valence-corrected chi connectivity index (χ3v) is 7.33. The van der Waals surface area contributed by atoms with E-state index in [9.17, 15) is 9.59 Å². The van der Waals surface area contributed by atoms with Gasteiger partial charge in [0.2, 0.25) is 5.88 Å². The highest BCUT2D eigenvalue weighted by molar-refractivity contribution is 6.04. The minimum Gasteiger partial charge on any atom is -0.497 e. The highest BCUT2D eigenvalue weighted by Gasteiger charge is 2.25. The highest BCUT2D eigenvalue weighted by atomic mass is 16.5. The van der Waals surface area contributed by atoms with Crippen molar-refractivity contribution in [3.8, 4) is 39.7 Å². The van der Waals surface area contributed by atoms with Crippen LogP contribution in [0.3, 0.4) is 0 Å². The van der Waals surface area contributed by atoms with Crippen molar-refractivity contribution in [1.29, 1.82) is 0 Å². The van der Waals surface area contributed by atoms with Gasteiger partial charge in [-0.15, -0.1) is 0 Å². The summed E-state index contributed by atoms with van der Waals surface area (Å²) in [6.45, 7) is 5.44. The molecule has 1 aromatic heterocycles. The van der Waals surface area contributed by atoms with Crippen LogP contribution in [-0.2, 0) is 4.79 Å². The monoisotopic (exact) mass is 574 g/mol. The number of benzene rings is 4. The van der Waals surface area contributed by atoms with Crippen LogP contribution in [0.2, 0.25) is 0 Å². The molecule has 0 fully saturated rings. The molecular weight excluding hydrogens is 540 g/mol. The van der Waals surface area contributed by atoms with Crippen LogP contribution in [0.15, 0.2) is 91.0 Å². The summed E-state index contributed by atoms with van der Waals surface area (Å²) in [5, 5.41) is 7.97. The standard InChI is InChI=1S/C35H34N4O4/c1-22-8-7-9-31(23(22)2)39-35(43-24(3)40)32(33(37-39)26-12-18-29(19-13-26)38(4)5)25-10-16-28(17-11-25)36-34(41)27-14-20-30(42-6)21-15-27/h7-21H,1-6H3,(H,36,41). The van der Waals surface area contributed by atoms with Gasteiger partial charge >= 0.3 is 5.97 Å². The highest BCUT2D eigenvalue weighted by Crippen LogP contribution is 2.42. The lowest BCUT2D eigenvalue weighted by atomic mass is 10.0. The van der Waals surface area contributed by atoms with Crippen molar-refractivity contribution < 1.29 is 19.1 Å². The van der Waals surface area contributed by atoms with Crippen molar-refractivity contribution in [2.45, 2.75) is 20.8 Å². The summed E-state index contributed by atoms with van der Waals surface area (Å²) in [6, 6.07) is 28.4. The average Bonchev–Trinajstić information content (AvgIpc) is 3.37. The molecule has 0 bridgehead atoms. The van der Waals surface area contributed by atoms with Gasteiger partial charge in [-0.1, -0.05) is 36.4 Å². The molecule has 0 saturated heterocycles. The first-order valence-electron chi connectivity index (χ1n) is 13.9. The van der Waals surface area contributed by atoms with Crippen LogP contribution in [0.1, 0.15) is 28.4 Å². The molecule has 0 aliphatic rings. The van der Waals surface area contributed by atoms with Crippen LogP contribution < -0.4 is 19.7 Å². The number of nitrogens with one attached hydrogen (secondary N) is 1. The maximum atomic E-state index is 12.9. The van der Waals surface area contributed by atoms with E-state index in [4.69, 9.17) is 14.6 Å². The summed E-state index contributed by atoms with van der Waals surface area (Å²) in [7, 11) is 5.56. The topological polar surface area (TPSA) is 85.7 Å². The first-order chi connectivity index (χ1) is 20.7. The molecule has 0 atom stereocenters. The van der Waals surface area contributed by atoms with Crippen LogP contribution in [0.25, 0.3) is 28.1 Å². The second-order valence-corrected chi connectivity index (χ2v) is 10.5. The molecule has 0 aliphatic carbocycles. The molecule has 218 valence electrons. The summed E-state index contributed by atoms with van der Waals surface area (Å²) in [6.07, 6.45) is 0. The van der Waals surface area contributed by atoms with E-state index in [2.05, 4.69) is 5.32 Å². The number of carbonyl (C=O) groups is 2. The largest absolute Gasteiger partial charge is 0.497 e. The Bertz CT molecular complexity index is 1770. The predicted molar refractivity (Wildman–Crippen MR) is 170 cm³/mol. The molecule has 5 aromatic rings. The maximum absolute atomic E-state index is 12.9. The Hall–Kier alpha value is -5.37. The van der Waals surface area contributed by atoms with Gasteiger partial charge in [-0.25, -0.2) is 0 Å². The Kier molecular flexibility index (Phi) is 8.29. The van der Waals surface area contributed by atoms with E-state index >= 15 is 0 Å². The number of amides is 1. The fourth-order valence-corrected chi connectivity index (χ4v) is 4.81. The molecule has 0 aliphatic heterocycles. The lowest BCUT2D eigenvalue weighted by molar-refractivity contribution is -0.132. The Morgan fingerprint density at radius 2 is 1.49 bits per heavy atom. The molecule has 0 radical (unpaired) electrons. The zero-order valence-electron chi connectivity index (χ0n) is 25.1. The first kappa shape index (κ1) is 29.1. The number of esters is 1. The van der Waals surface area contributed by atoms with Crippen molar-refractivity contribution in [2.75, 3.05) is 31.4 Å². The third-order valence-electron chi connectivity index (χ3n) is 7.33. The molecule has 1 heterocycles. The van der Waals surface area contributed by atoms with E-state index in [-0.39, 0.29) is 5.91 Å². The van der Waals surface area contributed by atoms with Gasteiger partial charge in [0.25, 0.3) is 5.91 Å². The van der Waals surface area contributed by atoms with Crippen molar-refractivity contribution in [3.05, 3.63) is 108 Å². The zero-order valence-corrected chi connectivity index (χ0v) is 25.1. The number of rotatable bonds is 8. The number of hydrogen-bond acceptors (Lipinski definition) is 6. The lowest BCUT2D eigenvalue weighted by Gasteiger charge is -2.13. The minimum absolute atomic E-state index is 0.236. The van der Waals surface area contributed by atoms with Gasteiger partial charge in [0, 0.05) is 43.5 Å². The average molecular weight is 575 g/mol. The lowest BCUT2D eigenvalue weighted by Crippen LogP contribution is -2.11. The maximum Gasteiger partial charge on any atom is 0.309 e. The van der Waals surface area contributed by atoms with Gasteiger partial charge in [0.1, 0.15) is 11.4 Å². The summed E-state index contributed by atoms with van der Waals surface area (Å²) >= 11 is 0. The number of ether oxygens (including phenoxy) is 2. The number of anilines is 2. The molecule has 8 heteroatoms. The quantitative estimate of drug-likeness (QED) is 0.200. The van der Waals surface area contributed by atoms with Crippen LogP contribution in [-0.4, -0.2) is 42.9 Å². The number of methoxy groups -OCH3 is 1. The van der Waals surface area contributed by atoms with Crippen molar-refractivity contribution >= 4 is 23.3 Å². The molecule has 0 saturated carbocycles. The van der Waals surface area contributed by atoms with Crippen LogP contribution in [0, 0.1) is 13.8 Å². The SMILES string of the molecule is COc1ccc(C(=O)Nc2ccc(-c3c(-c4ccc(N(C)C)cc4)nn(-c4cccc(C)c4C)c3OC(C)=O)cc2)cc1. The van der Waals surface area contributed by atoms with Crippen LogP contribution >= 0.6 is 0 Å². The Morgan fingerprint density at radius 3 is 2.09 bits per heavy atom. The van der Waals surface area contributed by atoms with E-state index in [1.165, 1.54) is 6.92 Å².